The fourth-order valence-electron chi connectivity index (χ4n) is 2.77. The zero-order chi connectivity index (χ0) is 18.6. The van der Waals surface area contributed by atoms with Crippen LogP contribution in [0.5, 0.6) is 0 Å². The van der Waals surface area contributed by atoms with E-state index in [-0.39, 0.29) is 17.3 Å². The lowest BCUT2D eigenvalue weighted by Crippen LogP contribution is -2.50. The van der Waals surface area contributed by atoms with E-state index in [2.05, 4.69) is 9.62 Å². The third-order valence-electron chi connectivity index (χ3n) is 4.24. The second-order valence-electron chi connectivity index (χ2n) is 5.96. The normalized spacial score (nSPS) is 16.0. The molecule has 0 saturated carbocycles. The second kappa shape index (κ2) is 8.26. The minimum absolute atomic E-state index is 0.0465. The quantitative estimate of drug-likeness (QED) is 0.804. The zero-order valence-electron chi connectivity index (χ0n) is 14.1. The summed E-state index contributed by atoms with van der Waals surface area (Å²) in [6.07, 6.45) is 0. The standard InChI is InChI=1S/C17H20FN3O3S2/c18-14-3-5-15(6-4-14)26(23,24)19-7-8-20-9-11-21(12-10-20)17(22)16-2-1-13-25-16/h1-6,13,19H,7-12H2. The van der Waals surface area contributed by atoms with E-state index in [0.29, 0.717) is 32.7 Å². The van der Waals surface area contributed by atoms with E-state index in [1.807, 2.05) is 22.4 Å². The van der Waals surface area contributed by atoms with Crippen LogP contribution in [0.15, 0.2) is 46.7 Å². The van der Waals surface area contributed by atoms with Gasteiger partial charge in [-0.1, -0.05) is 6.07 Å². The van der Waals surface area contributed by atoms with Crippen molar-refractivity contribution in [3.63, 3.8) is 0 Å². The summed E-state index contributed by atoms with van der Waals surface area (Å²) >= 11 is 1.44. The Kier molecular flexibility index (Phi) is 6.02. The Balaban J connectivity index is 1.44. The van der Waals surface area contributed by atoms with Gasteiger partial charge in [-0.3, -0.25) is 9.69 Å². The first-order valence-electron chi connectivity index (χ1n) is 8.26. The third kappa shape index (κ3) is 4.67. The number of carbonyl (C=O) groups excluding carboxylic acids is 1. The molecule has 2 heterocycles. The highest BCUT2D eigenvalue weighted by atomic mass is 32.2. The Bertz CT molecular complexity index is 831. The van der Waals surface area contributed by atoms with Gasteiger partial charge in [-0.15, -0.1) is 11.3 Å². The Morgan fingerprint density at radius 2 is 1.81 bits per heavy atom. The van der Waals surface area contributed by atoms with Gasteiger partial charge in [0, 0.05) is 39.3 Å². The van der Waals surface area contributed by atoms with Crippen LogP contribution in [-0.4, -0.2) is 63.4 Å². The second-order valence-corrected chi connectivity index (χ2v) is 8.68. The van der Waals surface area contributed by atoms with Gasteiger partial charge >= 0.3 is 0 Å². The fourth-order valence-corrected chi connectivity index (χ4v) is 4.48. The number of nitrogens with zero attached hydrogens (tertiary/aromatic N) is 2. The van der Waals surface area contributed by atoms with Crippen LogP contribution < -0.4 is 4.72 Å². The van der Waals surface area contributed by atoms with E-state index in [4.69, 9.17) is 0 Å². The number of piperazine rings is 1. The van der Waals surface area contributed by atoms with Crippen LogP contribution in [0.25, 0.3) is 0 Å². The van der Waals surface area contributed by atoms with Crippen molar-refractivity contribution in [1.82, 2.24) is 14.5 Å². The number of rotatable bonds is 6. The summed E-state index contributed by atoms with van der Waals surface area (Å²) in [6, 6.07) is 8.42. The van der Waals surface area contributed by atoms with Crippen molar-refractivity contribution in [1.29, 1.82) is 0 Å². The van der Waals surface area contributed by atoms with Crippen LogP contribution in [0.1, 0.15) is 9.67 Å². The predicted octanol–water partition coefficient (Wildman–Crippen LogP) is 1.62. The minimum atomic E-state index is -3.64. The highest BCUT2D eigenvalue weighted by Gasteiger charge is 2.23. The maximum Gasteiger partial charge on any atom is 0.264 e. The molecule has 0 unspecified atom stereocenters. The Morgan fingerprint density at radius 3 is 2.42 bits per heavy atom. The molecule has 140 valence electrons. The summed E-state index contributed by atoms with van der Waals surface area (Å²) < 4.78 is 39.7. The number of benzene rings is 1. The summed E-state index contributed by atoms with van der Waals surface area (Å²) in [7, 11) is -3.64. The molecular formula is C17H20FN3O3S2. The lowest BCUT2D eigenvalue weighted by molar-refractivity contribution is 0.0645. The first-order chi connectivity index (χ1) is 12.5. The number of carbonyl (C=O) groups is 1. The third-order valence-corrected chi connectivity index (χ3v) is 6.57. The molecule has 1 aliphatic rings. The summed E-state index contributed by atoms with van der Waals surface area (Å²) in [5.41, 5.74) is 0. The molecule has 1 fully saturated rings. The van der Waals surface area contributed by atoms with Crippen LogP contribution in [0.2, 0.25) is 0 Å². The maximum absolute atomic E-state index is 12.9. The number of hydrogen-bond acceptors (Lipinski definition) is 5. The molecule has 1 N–H and O–H groups in total. The van der Waals surface area contributed by atoms with Gasteiger partial charge in [0.15, 0.2) is 0 Å². The Labute approximate surface area is 156 Å². The lowest BCUT2D eigenvalue weighted by Gasteiger charge is -2.34. The van der Waals surface area contributed by atoms with Gasteiger partial charge in [-0.25, -0.2) is 17.5 Å². The lowest BCUT2D eigenvalue weighted by atomic mass is 10.3. The molecule has 0 bridgehead atoms. The van der Waals surface area contributed by atoms with E-state index < -0.39 is 15.8 Å². The van der Waals surface area contributed by atoms with Gasteiger partial charge in [0.05, 0.1) is 9.77 Å². The van der Waals surface area contributed by atoms with Crippen LogP contribution in [0, 0.1) is 5.82 Å². The maximum atomic E-state index is 12.9. The summed E-state index contributed by atoms with van der Waals surface area (Å²) in [6.45, 7) is 3.48. The average Bonchev–Trinajstić information content (AvgIpc) is 3.17. The van der Waals surface area contributed by atoms with E-state index in [9.17, 15) is 17.6 Å². The number of nitrogens with one attached hydrogen (secondary N) is 1. The van der Waals surface area contributed by atoms with Gasteiger partial charge in [0.1, 0.15) is 5.82 Å². The van der Waals surface area contributed by atoms with Crippen LogP contribution in [-0.2, 0) is 10.0 Å². The van der Waals surface area contributed by atoms with Crippen molar-refractivity contribution >= 4 is 27.3 Å². The molecule has 26 heavy (non-hydrogen) atoms. The number of sulfonamides is 1. The molecule has 0 atom stereocenters. The van der Waals surface area contributed by atoms with Crippen molar-refractivity contribution in [3.8, 4) is 0 Å². The van der Waals surface area contributed by atoms with Crippen molar-refractivity contribution in [2.24, 2.45) is 0 Å². The van der Waals surface area contributed by atoms with Gasteiger partial charge < -0.3 is 4.90 Å². The van der Waals surface area contributed by atoms with E-state index in [1.165, 1.54) is 23.5 Å². The van der Waals surface area contributed by atoms with Crippen LogP contribution in [0.4, 0.5) is 4.39 Å². The smallest absolute Gasteiger partial charge is 0.264 e. The van der Waals surface area contributed by atoms with Gasteiger partial charge in [0.2, 0.25) is 10.0 Å². The van der Waals surface area contributed by atoms with Crippen molar-refractivity contribution in [3.05, 3.63) is 52.5 Å². The summed E-state index contributed by atoms with van der Waals surface area (Å²) in [4.78, 5) is 17.0. The van der Waals surface area contributed by atoms with E-state index >= 15 is 0 Å². The molecule has 2 aromatic rings. The molecule has 3 rings (SSSR count). The van der Waals surface area contributed by atoms with Crippen molar-refractivity contribution in [2.75, 3.05) is 39.3 Å². The zero-order valence-corrected chi connectivity index (χ0v) is 15.7. The predicted molar refractivity (Wildman–Crippen MR) is 98.3 cm³/mol. The van der Waals surface area contributed by atoms with Gasteiger partial charge in [-0.2, -0.15) is 0 Å². The molecule has 1 aromatic carbocycles. The number of hydrogen-bond donors (Lipinski definition) is 1. The Morgan fingerprint density at radius 1 is 1.12 bits per heavy atom. The number of amides is 1. The molecular weight excluding hydrogens is 377 g/mol. The Hall–Kier alpha value is -1.81. The largest absolute Gasteiger partial charge is 0.335 e. The van der Waals surface area contributed by atoms with Crippen molar-refractivity contribution < 1.29 is 17.6 Å². The molecule has 1 saturated heterocycles. The molecule has 9 heteroatoms. The van der Waals surface area contributed by atoms with Gasteiger partial charge in [-0.05, 0) is 35.7 Å². The molecule has 0 aliphatic carbocycles. The molecule has 0 spiro atoms. The van der Waals surface area contributed by atoms with E-state index in [1.54, 1.807) is 0 Å². The van der Waals surface area contributed by atoms with Gasteiger partial charge in [0.25, 0.3) is 5.91 Å². The SMILES string of the molecule is O=C(c1cccs1)N1CCN(CCNS(=O)(=O)c2ccc(F)cc2)CC1. The van der Waals surface area contributed by atoms with Crippen LogP contribution in [0.3, 0.4) is 0 Å². The van der Waals surface area contributed by atoms with E-state index in [0.717, 1.165) is 17.0 Å². The van der Waals surface area contributed by atoms with Crippen LogP contribution >= 0.6 is 11.3 Å². The highest BCUT2D eigenvalue weighted by Crippen LogP contribution is 2.14. The monoisotopic (exact) mass is 397 g/mol. The number of thiophene rings is 1. The minimum Gasteiger partial charge on any atom is -0.335 e. The molecule has 1 amide bonds. The highest BCUT2D eigenvalue weighted by molar-refractivity contribution is 7.89. The average molecular weight is 397 g/mol. The molecule has 1 aromatic heterocycles. The molecule has 1 aliphatic heterocycles. The first kappa shape index (κ1) is 19.0. The van der Waals surface area contributed by atoms with Crippen molar-refractivity contribution in [2.45, 2.75) is 4.90 Å². The summed E-state index contributed by atoms with van der Waals surface area (Å²) in [5.74, 6) is -0.421. The summed E-state index contributed by atoms with van der Waals surface area (Å²) in [5, 5.41) is 1.89. The topological polar surface area (TPSA) is 69.7 Å². The first-order valence-corrected chi connectivity index (χ1v) is 10.6. The fraction of sp³-hybridized carbons (Fsp3) is 0.353. The molecule has 6 nitrogen and oxygen atoms in total. The number of halogens is 1. The molecule has 0 radical (unpaired) electrons.